The molecule has 4 aliphatic rings. The molecular formula is C32H34ClO2P. The number of rotatable bonds is 6. The summed E-state index contributed by atoms with van der Waals surface area (Å²) in [4.78, 5) is 13.8. The number of ether oxygens (including phenoxy) is 1. The van der Waals surface area contributed by atoms with E-state index in [-0.39, 0.29) is 11.4 Å². The molecule has 186 valence electrons. The van der Waals surface area contributed by atoms with Crippen molar-refractivity contribution in [3.05, 3.63) is 102 Å². The summed E-state index contributed by atoms with van der Waals surface area (Å²) in [5, 5.41) is 3.15. The summed E-state index contributed by atoms with van der Waals surface area (Å²) in [6, 6.07) is 31.2. The number of carbonyl (C=O) groups is 1. The molecule has 4 saturated carbocycles. The van der Waals surface area contributed by atoms with Gasteiger partial charge in [-0.05, 0) is 0 Å². The Morgan fingerprint density at radius 1 is 0.750 bits per heavy atom. The molecule has 4 bridgehead atoms. The van der Waals surface area contributed by atoms with Gasteiger partial charge in [-0.3, -0.25) is 0 Å². The molecule has 2 nitrogen and oxygen atoms in total. The first kappa shape index (κ1) is 24.0. The fourth-order valence-electron chi connectivity index (χ4n) is 8.03. The molecule has 0 heterocycles. The zero-order valence-electron chi connectivity index (χ0n) is 20.9. The van der Waals surface area contributed by atoms with Crippen molar-refractivity contribution in [2.24, 2.45) is 23.2 Å². The van der Waals surface area contributed by atoms with Gasteiger partial charge in [-0.25, -0.2) is 0 Å². The van der Waals surface area contributed by atoms with Crippen LogP contribution in [0.15, 0.2) is 102 Å². The van der Waals surface area contributed by atoms with Crippen molar-refractivity contribution in [3.8, 4) is 0 Å². The van der Waals surface area contributed by atoms with E-state index in [9.17, 15) is 4.79 Å². The molecule has 4 fully saturated rings. The first-order valence-corrected chi connectivity index (χ1v) is 16.4. The summed E-state index contributed by atoms with van der Waals surface area (Å²) in [6.07, 6.45) is 7.15. The second-order valence-corrected chi connectivity index (χ2v) is 17.4. The van der Waals surface area contributed by atoms with Crippen molar-refractivity contribution < 1.29 is 9.53 Å². The van der Waals surface area contributed by atoms with Gasteiger partial charge in [0.15, 0.2) is 0 Å². The van der Waals surface area contributed by atoms with E-state index in [1.54, 1.807) is 0 Å². The van der Waals surface area contributed by atoms with Crippen LogP contribution < -0.4 is 15.9 Å². The van der Waals surface area contributed by atoms with E-state index in [1.807, 2.05) is 18.2 Å². The Kier molecular flexibility index (Phi) is 5.90. The molecule has 3 aromatic carbocycles. The first-order chi connectivity index (χ1) is 17.4. The van der Waals surface area contributed by atoms with Crippen LogP contribution in [0.5, 0.6) is 0 Å². The number of methoxy groups -OCH3 is 1. The van der Waals surface area contributed by atoms with Crippen molar-refractivity contribution in [2.45, 2.75) is 38.5 Å². The normalized spacial score (nSPS) is 28.3. The zero-order valence-corrected chi connectivity index (χ0v) is 22.5. The van der Waals surface area contributed by atoms with E-state index in [2.05, 4.69) is 78.6 Å². The molecule has 4 aliphatic carbocycles. The molecule has 0 N–H and O–H groups in total. The zero-order chi connectivity index (χ0) is 24.8. The molecule has 0 saturated heterocycles. The molecule has 4 heteroatoms. The summed E-state index contributed by atoms with van der Waals surface area (Å²) in [5.74, 6) is 0.392. The van der Waals surface area contributed by atoms with Crippen molar-refractivity contribution in [3.63, 3.8) is 0 Å². The quantitative estimate of drug-likeness (QED) is 0.201. The summed E-state index contributed by atoms with van der Waals surface area (Å²) >= 11 is 8.36. The minimum absolute atomic E-state index is 0.155. The maximum atomic E-state index is 13.8. The summed E-state index contributed by atoms with van der Waals surface area (Å²) < 4.78 is 5.56. The Hall–Kier alpha value is -2.41. The molecule has 0 radical (unpaired) electrons. The number of esters is 1. The molecule has 0 aliphatic heterocycles. The fourth-order valence-corrected chi connectivity index (χ4v) is 13.8. The van der Waals surface area contributed by atoms with Gasteiger partial charge in [0, 0.05) is 0 Å². The van der Waals surface area contributed by atoms with Crippen LogP contribution in [0.3, 0.4) is 0 Å². The Morgan fingerprint density at radius 3 is 1.44 bits per heavy atom. The standard InChI is InChI=1S/C32H34ClO2P/c1-35-31(34)30(32-20-24-17-25(21-32)19-26(18-24)22-32)23-36(33,27-11-5-2-6-12-27,28-13-7-3-8-14-28)29-15-9-4-10-16-29/h2-16,23-26H,17-22H2,1H3/b30-23+. The van der Waals surface area contributed by atoms with Gasteiger partial charge in [-0.2, -0.15) is 0 Å². The minimum atomic E-state index is -3.74. The Balaban J connectivity index is 1.70. The molecule has 36 heavy (non-hydrogen) atoms. The van der Waals surface area contributed by atoms with Gasteiger partial charge >= 0.3 is 220 Å². The summed E-state index contributed by atoms with van der Waals surface area (Å²) in [6.45, 7) is 0. The number of hydrogen-bond acceptors (Lipinski definition) is 2. The molecule has 3 aromatic rings. The summed E-state index contributed by atoms with van der Waals surface area (Å²) in [7, 11) is 1.52. The molecule has 0 aromatic heterocycles. The Morgan fingerprint density at radius 2 is 1.11 bits per heavy atom. The van der Waals surface area contributed by atoms with Gasteiger partial charge in [0.25, 0.3) is 0 Å². The molecule has 0 amide bonds. The first-order valence-electron chi connectivity index (χ1n) is 13.2. The van der Waals surface area contributed by atoms with E-state index < -0.39 is 5.96 Å². The molecule has 0 unspecified atom stereocenters. The van der Waals surface area contributed by atoms with E-state index in [0.29, 0.717) is 17.8 Å². The average molecular weight is 517 g/mol. The van der Waals surface area contributed by atoms with Crippen molar-refractivity contribution >= 4 is 39.1 Å². The second kappa shape index (κ2) is 8.86. The van der Waals surface area contributed by atoms with E-state index in [0.717, 1.165) is 40.7 Å². The van der Waals surface area contributed by atoms with Crippen molar-refractivity contribution in [2.75, 3.05) is 7.11 Å². The van der Waals surface area contributed by atoms with E-state index in [1.165, 1.54) is 26.4 Å². The molecular weight excluding hydrogens is 483 g/mol. The predicted molar refractivity (Wildman–Crippen MR) is 152 cm³/mol. The Bertz CT molecular complexity index is 1150. The molecule has 0 spiro atoms. The number of hydrogen-bond donors (Lipinski definition) is 0. The SMILES string of the molecule is COC(=O)/C(=C\P(Cl)(c1ccccc1)(c1ccccc1)c1ccccc1)C12CC3CC(CC(C3)C1)C2. The number of benzene rings is 3. The van der Waals surface area contributed by atoms with Crippen LogP contribution in [0.25, 0.3) is 0 Å². The van der Waals surface area contributed by atoms with Crippen LogP contribution in [-0.4, -0.2) is 13.1 Å². The third-order valence-electron chi connectivity index (χ3n) is 9.17. The van der Waals surface area contributed by atoms with Gasteiger partial charge < -0.3 is 0 Å². The monoisotopic (exact) mass is 516 g/mol. The van der Waals surface area contributed by atoms with Gasteiger partial charge in [-0.1, -0.05) is 0 Å². The van der Waals surface area contributed by atoms with Gasteiger partial charge in [-0.15, -0.1) is 0 Å². The van der Waals surface area contributed by atoms with Crippen LogP contribution in [0.1, 0.15) is 38.5 Å². The third kappa shape index (κ3) is 3.60. The Labute approximate surface area is 219 Å². The second-order valence-electron chi connectivity index (χ2n) is 11.3. The van der Waals surface area contributed by atoms with Crippen molar-refractivity contribution in [1.29, 1.82) is 0 Å². The van der Waals surface area contributed by atoms with Gasteiger partial charge in [0.1, 0.15) is 0 Å². The van der Waals surface area contributed by atoms with Crippen LogP contribution in [0.4, 0.5) is 0 Å². The maximum absolute atomic E-state index is 13.8. The van der Waals surface area contributed by atoms with E-state index >= 15 is 0 Å². The van der Waals surface area contributed by atoms with Gasteiger partial charge in [0.2, 0.25) is 0 Å². The number of carbonyl (C=O) groups excluding carboxylic acids is 1. The predicted octanol–water partition coefficient (Wildman–Crippen LogP) is 6.94. The van der Waals surface area contributed by atoms with E-state index in [4.69, 9.17) is 16.0 Å². The fraction of sp³-hybridized carbons (Fsp3) is 0.344. The van der Waals surface area contributed by atoms with Crippen LogP contribution in [-0.2, 0) is 9.53 Å². The summed E-state index contributed by atoms with van der Waals surface area (Å²) in [5.41, 5.74) is 0.659. The van der Waals surface area contributed by atoms with Gasteiger partial charge in [0.05, 0.1) is 0 Å². The topological polar surface area (TPSA) is 26.3 Å². The third-order valence-corrected chi connectivity index (χ3v) is 15.9. The number of halogens is 1. The van der Waals surface area contributed by atoms with Crippen molar-refractivity contribution in [1.82, 2.24) is 0 Å². The molecule has 7 rings (SSSR count). The van der Waals surface area contributed by atoms with Crippen LogP contribution in [0.2, 0.25) is 0 Å². The van der Waals surface area contributed by atoms with Crippen LogP contribution in [0, 0.1) is 23.2 Å². The molecule has 0 atom stereocenters. The average Bonchev–Trinajstić information content (AvgIpc) is 2.92. The van der Waals surface area contributed by atoms with Crippen LogP contribution >= 0.6 is 17.2 Å².